The summed E-state index contributed by atoms with van der Waals surface area (Å²) in [6.07, 6.45) is 1.66. The number of carbonyl (C=O) groups excluding carboxylic acids is 2. The summed E-state index contributed by atoms with van der Waals surface area (Å²) in [5.41, 5.74) is 0.857. The summed E-state index contributed by atoms with van der Waals surface area (Å²) >= 11 is 18.5. The van der Waals surface area contributed by atoms with Crippen LogP contribution in [0.25, 0.3) is 0 Å². The lowest BCUT2D eigenvalue weighted by Gasteiger charge is -2.34. The van der Waals surface area contributed by atoms with E-state index >= 15 is 0 Å². The molecular weight excluding hydrogens is 612 g/mol. The molecule has 220 valence electrons. The van der Waals surface area contributed by atoms with Crippen molar-refractivity contribution in [2.75, 3.05) is 17.1 Å². The molecule has 0 saturated heterocycles. The topological polar surface area (TPSA) is 86.8 Å². The van der Waals surface area contributed by atoms with Gasteiger partial charge in [0, 0.05) is 24.6 Å². The Morgan fingerprint density at radius 3 is 2.17 bits per heavy atom. The molecule has 0 spiro atoms. The van der Waals surface area contributed by atoms with Crippen molar-refractivity contribution in [1.82, 2.24) is 10.2 Å². The molecule has 2 unspecified atom stereocenters. The molecule has 2 amide bonds. The van der Waals surface area contributed by atoms with Crippen molar-refractivity contribution in [1.29, 1.82) is 0 Å². The van der Waals surface area contributed by atoms with Crippen LogP contribution in [0.2, 0.25) is 15.1 Å². The second kappa shape index (κ2) is 14.4. The van der Waals surface area contributed by atoms with Crippen molar-refractivity contribution >= 4 is 62.3 Å². The fraction of sp³-hybridized carbons (Fsp3) is 0.310. The minimum Gasteiger partial charge on any atom is -0.352 e. The molecule has 41 heavy (non-hydrogen) atoms. The highest BCUT2D eigenvalue weighted by Gasteiger charge is 2.34. The van der Waals surface area contributed by atoms with Crippen molar-refractivity contribution in [3.8, 4) is 0 Å². The van der Waals surface area contributed by atoms with E-state index in [4.69, 9.17) is 34.8 Å². The standard InChI is InChI=1S/C29H31Cl3FN3O4S/c1-4-19(2)34-29(38)27(14-20-10-6-5-7-11-20)35(17-21-12-8-9-13-25(21)33)28(37)18-36(41(3,39)40)26-16-23(31)22(30)15-24(26)32/h5-13,15-16,19,27H,4,14,17-18H2,1-3H3,(H,34,38). The molecule has 0 aromatic heterocycles. The maximum Gasteiger partial charge on any atom is 0.244 e. The number of hydrogen-bond donors (Lipinski definition) is 1. The van der Waals surface area contributed by atoms with Crippen LogP contribution in [0.3, 0.4) is 0 Å². The van der Waals surface area contributed by atoms with Gasteiger partial charge in [0.2, 0.25) is 21.8 Å². The lowest BCUT2D eigenvalue weighted by molar-refractivity contribution is -0.140. The molecule has 0 aliphatic rings. The Hall–Kier alpha value is -2.85. The third-order valence-corrected chi connectivity index (χ3v) is 8.66. The van der Waals surface area contributed by atoms with Crippen molar-refractivity contribution in [3.05, 3.63) is 98.7 Å². The Morgan fingerprint density at radius 2 is 1.56 bits per heavy atom. The first-order valence-corrected chi connectivity index (χ1v) is 15.8. The maximum absolute atomic E-state index is 14.8. The highest BCUT2D eigenvalue weighted by molar-refractivity contribution is 7.92. The third-order valence-electron chi connectivity index (χ3n) is 6.51. The second-order valence-corrected chi connectivity index (χ2v) is 12.8. The molecule has 0 aliphatic heterocycles. The summed E-state index contributed by atoms with van der Waals surface area (Å²) in [6, 6.07) is 16.2. The van der Waals surface area contributed by atoms with Crippen LogP contribution in [-0.2, 0) is 32.6 Å². The number of halogens is 4. The predicted molar refractivity (Wildman–Crippen MR) is 162 cm³/mol. The van der Waals surface area contributed by atoms with Gasteiger partial charge in [-0.15, -0.1) is 0 Å². The number of rotatable bonds is 12. The van der Waals surface area contributed by atoms with Gasteiger partial charge in [0.25, 0.3) is 0 Å². The smallest absolute Gasteiger partial charge is 0.244 e. The van der Waals surface area contributed by atoms with E-state index in [1.54, 1.807) is 18.2 Å². The average Bonchev–Trinajstić information content (AvgIpc) is 2.92. The van der Waals surface area contributed by atoms with Crippen LogP contribution in [0.4, 0.5) is 10.1 Å². The number of anilines is 1. The maximum atomic E-state index is 14.8. The van der Waals surface area contributed by atoms with Crippen molar-refractivity contribution < 1.29 is 22.4 Å². The molecule has 0 radical (unpaired) electrons. The normalized spacial score (nSPS) is 12.9. The quantitative estimate of drug-likeness (QED) is 0.242. The van der Waals surface area contributed by atoms with Crippen molar-refractivity contribution in [2.24, 2.45) is 0 Å². The summed E-state index contributed by atoms with van der Waals surface area (Å²) in [4.78, 5) is 28.9. The Kier molecular flexibility index (Phi) is 11.4. The molecule has 7 nitrogen and oxygen atoms in total. The molecule has 2 atom stereocenters. The Bertz CT molecular complexity index is 1490. The first-order valence-electron chi connectivity index (χ1n) is 12.8. The third kappa shape index (κ3) is 8.82. The van der Waals surface area contributed by atoms with Gasteiger partial charge in [-0.3, -0.25) is 13.9 Å². The van der Waals surface area contributed by atoms with Gasteiger partial charge < -0.3 is 10.2 Å². The lowest BCUT2D eigenvalue weighted by Crippen LogP contribution is -2.54. The molecule has 3 rings (SSSR count). The second-order valence-electron chi connectivity index (χ2n) is 9.62. The van der Waals surface area contributed by atoms with Crippen LogP contribution in [-0.4, -0.2) is 50.0 Å². The van der Waals surface area contributed by atoms with Crippen LogP contribution in [0.15, 0.2) is 66.7 Å². The van der Waals surface area contributed by atoms with E-state index in [9.17, 15) is 22.4 Å². The monoisotopic (exact) mass is 641 g/mol. The van der Waals surface area contributed by atoms with E-state index in [0.29, 0.717) is 6.42 Å². The Morgan fingerprint density at radius 1 is 0.951 bits per heavy atom. The predicted octanol–water partition coefficient (Wildman–Crippen LogP) is 6.11. The fourth-order valence-electron chi connectivity index (χ4n) is 4.10. The molecule has 0 bridgehead atoms. The number of carbonyl (C=O) groups is 2. The van der Waals surface area contributed by atoms with E-state index in [1.807, 2.05) is 32.0 Å². The van der Waals surface area contributed by atoms with E-state index < -0.39 is 40.2 Å². The van der Waals surface area contributed by atoms with Gasteiger partial charge in [0.05, 0.1) is 27.0 Å². The minimum atomic E-state index is -4.08. The van der Waals surface area contributed by atoms with E-state index in [-0.39, 0.29) is 45.3 Å². The molecule has 12 heteroatoms. The number of nitrogens with one attached hydrogen (secondary N) is 1. The first kappa shape index (κ1) is 32.7. The minimum absolute atomic E-state index is 0.0327. The van der Waals surface area contributed by atoms with Crippen molar-refractivity contribution in [3.63, 3.8) is 0 Å². The Labute approximate surface area is 255 Å². The summed E-state index contributed by atoms with van der Waals surface area (Å²) in [5.74, 6) is -1.77. The lowest BCUT2D eigenvalue weighted by atomic mass is 10.0. The molecule has 3 aromatic carbocycles. The largest absolute Gasteiger partial charge is 0.352 e. The van der Waals surface area contributed by atoms with Crippen LogP contribution in [0.5, 0.6) is 0 Å². The van der Waals surface area contributed by atoms with E-state index in [0.717, 1.165) is 16.1 Å². The molecule has 1 N–H and O–H groups in total. The van der Waals surface area contributed by atoms with Gasteiger partial charge in [0.1, 0.15) is 18.4 Å². The van der Waals surface area contributed by atoms with Crippen molar-refractivity contribution in [2.45, 2.75) is 45.3 Å². The number of nitrogens with zero attached hydrogens (tertiary/aromatic N) is 2. The number of hydrogen-bond acceptors (Lipinski definition) is 4. The van der Waals surface area contributed by atoms with Gasteiger partial charge in [-0.1, -0.05) is 90.3 Å². The SMILES string of the molecule is CCC(C)NC(=O)C(Cc1ccccc1)N(Cc1ccccc1F)C(=O)CN(c1cc(Cl)c(Cl)cc1Cl)S(C)(=O)=O. The summed E-state index contributed by atoms with van der Waals surface area (Å²) in [5, 5.41) is 3.00. The van der Waals surface area contributed by atoms with Gasteiger partial charge >= 0.3 is 0 Å². The van der Waals surface area contributed by atoms with Crippen LogP contribution in [0, 0.1) is 5.82 Å². The zero-order chi connectivity index (χ0) is 30.3. The summed E-state index contributed by atoms with van der Waals surface area (Å²) in [7, 11) is -4.08. The molecule has 0 heterocycles. The highest BCUT2D eigenvalue weighted by atomic mass is 35.5. The number of sulfonamides is 1. The van der Waals surface area contributed by atoms with Gasteiger partial charge in [0.15, 0.2) is 0 Å². The van der Waals surface area contributed by atoms with Crippen LogP contribution in [0.1, 0.15) is 31.4 Å². The zero-order valence-electron chi connectivity index (χ0n) is 22.8. The zero-order valence-corrected chi connectivity index (χ0v) is 25.9. The van der Waals surface area contributed by atoms with Gasteiger partial charge in [-0.25, -0.2) is 12.8 Å². The summed E-state index contributed by atoms with van der Waals surface area (Å²) < 4.78 is 41.4. The Balaban J connectivity index is 2.11. The van der Waals surface area contributed by atoms with Crippen LogP contribution >= 0.6 is 34.8 Å². The number of amides is 2. The number of benzene rings is 3. The van der Waals surface area contributed by atoms with Gasteiger partial charge in [-0.2, -0.15) is 0 Å². The van der Waals surface area contributed by atoms with E-state index in [1.165, 1.54) is 35.2 Å². The van der Waals surface area contributed by atoms with Gasteiger partial charge in [-0.05, 0) is 37.1 Å². The molecule has 3 aromatic rings. The average molecular weight is 643 g/mol. The van der Waals surface area contributed by atoms with E-state index in [2.05, 4.69) is 5.32 Å². The molecular formula is C29H31Cl3FN3O4S. The summed E-state index contributed by atoms with van der Waals surface area (Å²) in [6.45, 7) is 2.72. The fourth-order valence-corrected chi connectivity index (χ4v) is 5.65. The van der Waals surface area contributed by atoms with Crippen LogP contribution < -0.4 is 9.62 Å². The molecule has 0 aliphatic carbocycles. The molecule has 0 saturated carbocycles. The first-order chi connectivity index (χ1) is 19.3. The molecule has 0 fully saturated rings. The highest BCUT2D eigenvalue weighted by Crippen LogP contribution is 2.35.